The van der Waals surface area contributed by atoms with Crippen LogP contribution in [0.2, 0.25) is 0 Å². The second-order valence-electron chi connectivity index (χ2n) is 7.72. The Kier molecular flexibility index (Phi) is 6.17. The maximum atomic E-state index is 13.4. The largest absolute Gasteiger partial charge is 0.338 e. The standard InChI is InChI=1S/C22H24F2N2O2/c1-14(2)10-21(27)17-4-3-9-26(13-17)22(28)16-6-8-20(25-12-16)15-5-7-18(23)19(24)11-15/h5-8,11-12,14,17H,3-4,9-10,13H2,1-2H3/t17-/m0/s1. The molecule has 1 saturated heterocycles. The van der Waals surface area contributed by atoms with Crippen molar-refractivity contribution in [3.63, 3.8) is 0 Å². The van der Waals surface area contributed by atoms with Gasteiger partial charge in [0.25, 0.3) is 5.91 Å². The highest BCUT2D eigenvalue weighted by atomic mass is 19.2. The Morgan fingerprint density at radius 2 is 1.96 bits per heavy atom. The van der Waals surface area contributed by atoms with Gasteiger partial charge in [0.2, 0.25) is 0 Å². The van der Waals surface area contributed by atoms with E-state index in [1.54, 1.807) is 17.0 Å². The lowest BCUT2D eigenvalue weighted by atomic mass is 9.89. The lowest BCUT2D eigenvalue weighted by Crippen LogP contribution is -2.42. The summed E-state index contributed by atoms with van der Waals surface area (Å²) >= 11 is 0. The van der Waals surface area contributed by atoms with Crippen molar-refractivity contribution in [3.05, 3.63) is 53.7 Å². The fraction of sp³-hybridized carbons (Fsp3) is 0.409. The zero-order chi connectivity index (χ0) is 20.3. The summed E-state index contributed by atoms with van der Waals surface area (Å²) in [7, 11) is 0. The van der Waals surface area contributed by atoms with Crippen molar-refractivity contribution in [3.8, 4) is 11.3 Å². The molecule has 1 aromatic carbocycles. The maximum absolute atomic E-state index is 13.4. The van der Waals surface area contributed by atoms with Crippen molar-refractivity contribution < 1.29 is 18.4 Å². The number of rotatable bonds is 5. The number of hydrogen-bond donors (Lipinski definition) is 0. The molecule has 0 spiro atoms. The minimum Gasteiger partial charge on any atom is -0.338 e. The van der Waals surface area contributed by atoms with E-state index in [1.807, 2.05) is 13.8 Å². The number of carbonyl (C=O) groups is 2. The molecule has 0 radical (unpaired) electrons. The quantitative estimate of drug-likeness (QED) is 0.761. The van der Waals surface area contributed by atoms with Gasteiger partial charge in [0, 0.05) is 37.2 Å². The molecule has 0 N–H and O–H groups in total. The van der Waals surface area contributed by atoms with Crippen molar-refractivity contribution >= 4 is 11.7 Å². The van der Waals surface area contributed by atoms with Crippen LogP contribution in [0.1, 0.15) is 43.5 Å². The van der Waals surface area contributed by atoms with Crippen molar-refractivity contribution in [2.75, 3.05) is 13.1 Å². The number of ketones is 1. The van der Waals surface area contributed by atoms with Gasteiger partial charge in [0.05, 0.1) is 11.3 Å². The Bertz CT molecular complexity index is 865. The number of amides is 1. The Balaban J connectivity index is 1.70. The van der Waals surface area contributed by atoms with Crippen LogP contribution in [0, 0.1) is 23.5 Å². The first kappa shape index (κ1) is 20.1. The number of benzene rings is 1. The minimum absolute atomic E-state index is 0.102. The highest BCUT2D eigenvalue weighted by molar-refractivity contribution is 5.94. The molecule has 0 unspecified atom stereocenters. The average Bonchev–Trinajstić information content (AvgIpc) is 2.69. The topological polar surface area (TPSA) is 50.3 Å². The molecule has 1 aliphatic heterocycles. The van der Waals surface area contributed by atoms with E-state index in [9.17, 15) is 18.4 Å². The summed E-state index contributed by atoms with van der Waals surface area (Å²) in [6.07, 6.45) is 3.61. The summed E-state index contributed by atoms with van der Waals surface area (Å²) in [6, 6.07) is 6.82. The number of piperidine rings is 1. The molecular weight excluding hydrogens is 362 g/mol. The third kappa shape index (κ3) is 4.61. The van der Waals surface area contributed by atoms with E-state index < -0.39 is 11.6 Å². The van der Waals surface area contributed by atoms with Crippen LogP contribution >= 0.6 is 0 Å². The molecule has 3 rings (SSSR count). The zero-order valence-electron chi connectivity index (χ0n) is 16.1. The molecule has 1 fully saturated rings. The minimum atomic E-state index is -0.940. The highest BCUT2D eigenvalue weighted by Crippen LogP contribution is 2.23. The van der Waals surface area contributed by atoms with Crippen LogP contribution in [0.4, 0.5) is 8.78 Å². The summed E-state index contributed by atoms with van der Waals surface area (Å²) in [4.78, 5) is 31.1. The molecule has 1 atom stereocenters. The molecule has 4 nitrogen and oxygen atoms in total. The predicted molar refractivity (Wildman–Crippen MR) is 103 cm³/mol. The molecule has 148 valence electrons. The first-order chi connectivity index (χ1) is 13.3. The molecule has 0 aliphatic carbocycles. The van der Waals surface area contributed by atoms with Gasteiger partial charge in [-0.1, -0.05) is 13.8 Å². The van der Waals surface area contributed by atoms with Gasteiger partial charge in [-0.15, -0.1) is 0 Å². The number of pyridine rings is 1. The summed E-state index contributed by atoms with van der Waals surface area (Å²) in [5.74, 6) is -1.58. The molecule has 1 aliphatic rings. The van der Waals surface area contributed by atoms with Gasteiger partial charge >= 0.3 is 0 Å². The third-order valence-electron chi connectivity index (χ3n) is 5.00. The summed E-state index contributed by atoms with van der Waals surface area (Å²) in [5, 5.41) is 0. The van der Waals surface area contributed by atoms with Gasteiger partial charge in [-0.3, -0.25) is 14.6 Å². The summed E-state index contributed by atoms with van der Waals surface area (Å²) in [5.41, 5.74) is 1.32. The number of aromatic nitrogens is 1. The van der Waals surface area contributed by atoms with Gasteiger partial charge in [-0.25, -0.2) is 8.78 Å². The monoisotopic (exact) mass is 386 g/mol. The first-order valence-corrected chi connectivity index (χ1v) is 9.58. The van der Waals surface area contributed by atoms with E-state index in [0.717, 1.165) is 25.0 Å². The number of hydrogen-bond acceptors (Lipinski definition) is 3. The van der Waals surface area contributed by atoms with Crippen LogP contribution < -0.4 is 0 Å². The van der Waals surface area contributed by atoms with Crippen molar-refractivity contribution in [2.45, 2.75) is 33.1 Å². The van der Waals surface area contributed by atoms with Gasteiger partial charge < -0.3 is 4.90 Å². The second kappa shape index (κ2) is 8.59. The number of nitrogens with zero attached hydrogens (tertiary/aromatic N) is 2. The molecule has 2 aromatic rings. The van der Waals surface area contributed by atoms with Crippen LogP contribution in [0.3, 0.4) is 0 Å². The second-order valence-corrected chi connectivity index (χ2v) is 7.72. The van der Waals surface area contributed by atoms with Crippen LogP contribution in [0.25, 0.3) is 11.3 Å². The van der Waals surface area contributed by atoms with Crippen molar-refractivity contribution in [1.29, 1.82) is 0 Å². The molecule has 6 heteroatoms. The molecule has 0 bridgehead atoms. The SMILES string of the molecule is CC(C)CC(=O)[C@H]1CCCN(C(=O)c2ccc(-c3ccc(F)c(F)c3)nc2)C1. The third-order valence-corrected chi connectivity index (χ3v) is 5.00. The van der Waals surface area contributed by atoms with Crippen molar-refractivity contribution in [1.82, 2.24) is 9.88 Å². The Hall–Kier alpha value is -2.63. The first-order valence-electron chi connectivity index (χ1n) is 9.58. The van der Waals surface area contributed by atoms with Gasteiger partial charge in [0.15, 0.2) is 11.6 Å². The Morgan fingerprint density at radius 3 is 2.61 bits per heavy atom. The summed E-state index contributed by atoms with van der Waals surface area (Å²) in [6.45, 7) is 5.10. The number of Topliss-reactive ketones (excluding diaryl/α,β-unsaturated/α-hetero) is 1. The van der Waals surface area contributed by atoms with Gasteiger partial charge in [-0.2, -0.15) is 0 Å². The molecule has 1 amide bonds. The average molecular weight is 386 g/mol. The highest BCUT2D eigenvalue weighted by Gasteiger charge is 2.29. The maximum Gasteiger partial charge on any atom is 0.255 e. The van der Waals surface area contributed by atoms with Crippen LogP contribution in [0.15, 0.2) is 36.5 Å². The molecule has 28 heavy (non-hydrogen) atoms. The van der Waals surface area contributed by atoms with Crippen LogP contribution in [-0.2, 0) is 4.79 Å². The van der Waals surface area contributed by atoms with E-state index in [1.165, 1.54) is 12.3 Å². The Morgan fingerprint density at radius 1 is 1.18 bits per heavy atom. The lowest BCUT2D eigenvalue weighted by molar-refractivity contribution is -0.124. The fourth-order valence-electron chi connectivity index (χ4n) is 3.52. The van der Waals surface area contributed by atoms with Crippen molar-refractivity contribution in [2.24, 2.45) is 11.8 Å². The fourth-order valence-corrected chi connectivity index (χ4v) is 3.52. The Labute approximate surface area is 163 Å². The number of carbonyl (C=O) groups excluding carboxylic acids is 2. The molecule has 2 heterocycles. The number of likely N-dealkylation sites (tertiary alicyclic amines) is 1. The zero-order valence-corrected chi connectivity index (χ0v) is 16.1. The van der Waals surface area contributed by atoms with E-state index >= 15 is 0 Å². The lowest BCUT2D eigenvalue weighted by Gasteiger charge is -2.32. The normalized spacial score (nSPS) is 17.0. The van der Waals surface area contributed by atoms with Gasteiger partial charge in [-0.05, 0) is 49.1 Å². The predicted octanol–water partition coefficient (Wildman–Crippen LogP) is 4.49. The molecule has 1 aromatic heterocycles. The van der Waals surface area contributed by atoms with E-state index in [0.29, 0.717) is 42.2 Å². The van der Waals surface area contributed by atoms with Gasteiger partial charge in [0.1, 0.15) is 5.78 Å². The number of halogens is 2. The van der Waals surface area contributed by atoms with Crippen LogP contribution in [0.5, 0.6) is 0 Å². The van der Waals surface area contributed by atoms with E-state index in [2.05, 4.69) is 4.98 Å². The van der Waals surface area contributed by atoms with Crippen LogP contribution in [-0.4, -0.2) is 34.7 Å². The summed E-state index contributed by atoms with van der Waals surface area (Å²) < 4.78 is 26.5. The van der Waals surface area contributed by atoms with E-state index in [-0.39, 0.29) is 17.6 Å². The molecular formula is C22H24F2N2O2. The molecule has 0 saturated carbocycles. The smallest absolute Gasteiger partial charge is 0.255 e. The van der Waals surface area contributed by atoms with E-state index in [4.69, 9.17) is 0 Å².